The molecule has 0 aromatic heterocycles. The zero-order chi connectivity index (χ0) is 13.1. The summed E-state index contributed by atoms with van der Waals surface area (Å²) in [6.45, 7) is 6.88. The Balaban J connectivity index is 4.11. The van der Waals surface area contributed by atoms with Crippen LogP contribution in [-0.4, -0.2) is 44.6 Å². The summed E-state index contributed by atoms with van der Waals surface area (Å²) in [6.07, 6.45) is 4.17. The van der Waals surface area contributed by atoms with Crippen LogP contribution in [0.15, 0.2) is 4.99 Å². The first-order valence-electron chi connectivity index (χ1n) is 6.17. The molecule has 0 aromatic rings. The van der Waals surface area contributed by atoms with Crippen molar-refractivity contribution in [2.45, 2.75) is 26.7 Å². The second kappa shape index (κ2) is 9.91. The molecule has 2 N–H and O–H groups in total. The minimum atomic E-state index is 0.659. The van der Waals surface area contributed by atoms with Crippen LogP contribution in [-0.2, 0) is 0 Å². The molecule has 0 saturated carbocycles. The largest absolute Gasteiger partial charge is 0.344 e. The summed E-state index contributed by atoms with van der Waals surface area (Å²) in [5, 5.41) is 14.4. The second-order valence-electron chi connectivity index (χ2n) is 4.50. The highest BCUT2D eigenvalue weighted by molar-refractivity contribution is 5.81. The third-order valence-electron chi connectivity index (χ3n) is 2.43. The van der Waals surface area contributed by atoms with Gasteiger partial charge in [0.05, 0.1) is 0 Å². The lowest BCUT2D eigenvalue weighted by molar-refractivity contribution is 0.479. The van der Waals surface area contributed by atoms with E-state index in [0.29, 0.717) is 11.9 Å². The molecule has 0 fully saturated rings. The van der Waals surface area contributed by atoms with Crippen molar-refractivity contribution in [1.82, 2.24) is 15.5 Å². The summed E-state index contributed by atoms with van der Waals surface area (Å²) >= 11 is 0. The van der Waals surface area contributed by atoms with E-state index in [1.807, 2.05) is 25.2 Å². The number of hydrogen-bond donors (Lipinski definition) is 2. The van der Waals surface area contributed by atoms with Gasteiger partial charge in [-0.25, -0.2) is 0 Å². The summed E-state index contributed by atoms with van der Waals surface area (Å²) in [5.41, 5.74) is 0. The van der Waals surface area contributed by atoms with Gasteiger partial charge in [-0.1, -0.05) is 13.8 Å². The molecule has 0 spiro atoms. The van der Waals surface area contributed by atoms with Gasteiger partial charge in [-0.2, -0.15) is 5.26 Å². The molecule has 0 aromatic carbocycles. The van der Waals surface area contributed by atoms with Gasteiger partial charge in [-0.15, -0.1) is 0 Å². The molecule has 17 heavy (non-hydrogen) atoms. The molecule has 0 radical (unpaired) electrons. The lowest BCUT2D eigenvalue weighted by Gasteiger charge is -2.19. The van der Waals surface area contributed by atoms with Crippen LogP contribution in [0.4, 0.5) is 0 Å². The van der Waals surface area contributed by atoms with Crippen LogP contribution < -0.4 is 10.6 Å². The second-order valence-corrected chi connectivity index (χ2v) is 4.50. The topological polar surface area (TPSA) is 63.4 Å². The number of nitrogens with one attached hydrogen (secondary N) is 2. The number of nitrogens with zero attached hydrogens (tertiary/aromatic N) is 3. The molecule has 0 amide bonds. The molecular weight excluding hydrogens is 214 g/mol. The average Bonchev–Trinajstić information content (AvgIpc) is 2.29. The number of aliphatic imine (C=N–C) groups is 1. The smallest absolute Gasteiger partial charge is 0.207 e. The van der Waals surface area contributed by atoms with Gasteiger partial charge >= 0.3 is 0 Å². The SMILES string of the molecule is CNCCN(C)C(=NCCCC(C)C)NC#N. The molecule has 0 aliphatic rings. The van der Waals surface area contributed by atoms with E-state index >= 15 is 0 Å². The van der Waals surface area contributed by atoms with Gasteiger partial charge in [0.15, 0.2) is 6.19 Å². The highest BCUT2D eigenvalue weighted by Gasteiger charge is 2.04. The average molecular weight is 239 g/mol. The summed E-state index contributed by atoms with van der Waals surface area (Å²) in [7, 11) is 3.84. The van der Waals surface area contributed by atoms with Gasteiger partial charge in [-0.05, 0) is 25.8 Å². The van der Waals surface area contributed by atoms with E-state index in [-0.39, 0.29) is 0 Å². The van der Waals surface area contributed by atoms with E-state index < -0.39 is 0 Å². The zero-order valence-corrected chi connectivity index (χ0v) is 11.5. The molecule has 98 valence electrons. The lowest BCUT2D eigenvalue weighted by Crippen LogP contribution is -2.40. The maximum absolute atomic E-state index is 8.67. The fraction of sp³-hybridized carbons (Fsp3) is 0.833. The molecule has 0 saturated heterocycles. The van der Waals surface area contributed by atoms with E-state index in [2.05, 4.69) is 29.5 Å². The molecule has 0 bridgehead atoms. The monoisotopic (exact) mass is 239 g/mol. The van der Waals surface area contributed by atoms with Crippen molar-refractivity contribution in [2.24, 2.45) is 10.9 Å². The highest BCUT2D eigenvalue weighted by atomic mass is 15.3. The van der Waals surface area contributed by atoms with E-state index in [9.17, 15) is 0 Å². The van der Waals surface area contributed by atoms with Gasteiger partial charge in [0.25, 0.3) is 0 Å². The van der Waals surface area contributed by atoms with Gasteiger partial charge in [0, 0.05) is 26.7 Å². The highest BCUT2D eigenvalue weighted by Crippen LogP contribution is 2.03. The molecular formula is C12H25N5. The normalized spacial score (nSPS) is 11.4. The molecule has 0 aliphatic heterocycles. The number of likely N-dealkylation sites (N-methyl/N-ethyl adjacent to an activating group) is 2. The number of nitriles is 1. The molecule has 0 unspecified atom stereocenters. The Hall–Kier alpha value is -1.28. The quantitative estimate of drug-likeness (QED) is 0.229. The molecule has 0 rings (SSSR count). The molecule has 0 heterocycles. The summed E-state index contributed by atoms with van der Waals surface area (Å²) in [5.74, 6) is 1.37. The number of guanidine groups is 1. The van der Waals surface area contributed by atoms with Crippen LogP contribution in [0.25, 0.3) is 0 Å². The first-order chi connectivity index (χ1) is 8.11. The van der Waals surface area contributed by atoms with E-state index in [0.717, 1.165) is 26.1 Å². The standard InChI is InChI=1S/C12H25N5/c1-11(2)6-5-7-15-12(16-10-13)17(4)9-8-14-3/h11,14H,5-9H2,1-4H3,(H,15,16). The van der Waals surface area contributed by atoms with Crippen LogP contribution in [0.5, 0.6) is 0 Å². The first kappa shape index (κ1) is 15.7. The minimum Gasteiger partial charge on any atom is -0.344 e. The van der Waals surface area contributed by atoms with Crippen molar-refractivity contribution in [3.05, 3.63) is 0 Å². The van der Waals surface area contributed by atoms with Crippen LogP contribution in [0.3, 0.4) is 0 Å². The Bertz CT molecular complexity index is 254. The Morgan fingerprint density at radius 3 is 2.71 bits per heavy atom. The van der Waals surface area contributed by atoms with Crippen molar-refractivity contribution in [3.63, 3.8) is 0 Å². The van der Waals surface area contributed by atoms with Crippen molar-refractivity contribution < 1.29 is 0 Å². The third kappa shape index (κ3) is 8.52. The third-order valence-corrected chi connectivity index (χ3v) is 2.43. The summed E-state index contributed by atoms with van der Waals surface area (Å²) < 4.78 is 0. The van der Waals surface area contributed by atoms with Crippen molar-refractivity contribution in [3.8, 4) is 6.19 Å². The van der Waals surface area contributed by atoms with Gasteiger partial charge < -0.3 is 10.2 Å². The first-order valence-corrected chi connectivity index (χ1v) is 6.17. The van der Waals surface area contributed by atoms with Crippen LogP contribution in [0.1, 0.15) is 26.7 Å². The number of hydrogen-bond acceptors (Lipinski definition) is 3. The molecule has 5 nitrogen and oxygen atoms in total. The lowest BCUT2D eigenvalue weighted by atomic mass is 10.1. The van der Waals surface area contributed by atoms with E-state index in [4.69, 9.17) is 5.26 Å². The Kier molecular flexibility index (Phi) is 9.17. The Morgan fingerprint density at radius 2 is 2.18 bits per heavy atom. The van der Waals surface area contributed by atoms with Crippen LogP contribution >= 0.6 is 0 Å². The molecule has 0 atom stereocenters. The zero-order valence-electron chi connectivity index (χ0n) is 11.5. The number of rotatable bonds is 7. The summed E-state index contributed by atoms with van der Waals surface area (Å²) in [6, 6.07) is 0. The predicted octanol–water partition coefficient (Wildman–Crippen LogP) is 1.00. The maximum atomic E-state index is 8.67. The minimum absolute atomic E-state index is 0.659. The van der Waals surface area contributed by atoms with Gasteiger partial charge in [-0.3, -0.25) is 10.3 Å². The van der Waals surface area contributed by atoms with Crippen LogP contribution in [0.2, 0.25) is 0 Å². The van der Waals surface area contributed by atoms with Gasteiger partial charge in [0.2, 0.25) is 5.96 Å². The van der Waals surface area contributed by atoms with Crippen LogP contribution in [0, 0.1) is 17.4 Å². The summed E-state index contributed by atoms with van der Waals surface area (Å²) in [4.78, 5) is 6.37. The maximum Gasteiger partial charge on any atom is 0.207 e. The molecule has 5 heteroatoms. The Labute approximate surface area is 105 Å². The fourth-order valence-corrected chi connectivity index (χ4v) is 1.38. The van der Waals surface area contributed by atoms with Crippen molar-refractivity contribution in [2.75, 3.05) is 33.7 Å². The van der Waals surface area contributed by atoms with Crippen molar-refractivity contribution >= 4 is 5.96 Å². The van der Waals surface area contributed by atoms with E-state index in [1.54, 1.807) is 0 Å². The Morgan fingerprint density at radius 1 is 1.47 bits per heavy atom. The molecule has 0 aliphatic carbocycles. The fourth-order valence-electron chi connectivity index (χ4n) is 1.38. The van der Waals surface area contributed by atoms with E-state index in [1.165, 1.54) is 6.42 Å². The van der Waals surface area contributed by atoms with Gasteiger partial charge in [0.1, 0.15) is 0 Å². The van der Waals surface area contributed by atoms with Crippen molar-refractivity contribution in [1.29, 1.82) is 5.26 Å². The predicted molar refractivity (Wildman–Crippen MR) is 71.7 cm³/mol.